The normalized spacial score (nSPS) is 18.1. The van der Waals surface area contributed by atoms with Gasteiger partial charge in [-0.3, -0.25) is 9.63 Å². The zero-order valence-electron chi connectivity index (χ0n) is 12.8. The van der Waals surface area contributed by atoms with E-state index in [1.807, 2.05) is 49.1 Å². The third kappa shape index (κ3) is 5.72. The summed E-state index contributed by atoms with van der Waals surface area (Å²) in [7, 11) is 0. The fourth-order valence-corrected chi connectivity index (χ4v) is 2.18. The molecule has 1 atom stereocenters. The Bertz CT molecular complexity index is 381. The second-order valence-electron chi connectivity index (χ2n) is 4.70. The van der Waals surface area contributed by atoms with E-state index in [0.29, 0.717) is 6.61 Å². The molecule has 0 radical (unpaired) electrons. The van der Waals surface area contributed by atoms with E-state index in [2.05, 4.69) is 5.48 Å². The second kappa shape index (κ2) is 9.50. The molecule has 1 unspecified atom stereocenters. The first-order chi connectivity index (χ1) is 9.75. The molecule has 4 heteroatoms. The Morgan fingerprint density at radius 2 is 2.05 bits per heavy atom. The average molecular weight is 278 g/mol. The number of nitrogens with one attached hydrogen (secondary N) is 1. The predicted molar refractivity (Wildman–Crippen MR) is 81.0 cm³/mol. The number of amides is 1. The maximum atomic E-state index is 11.3. The third-order valence-electron chi connectivity index (χ3n) is 3.20. The number of benzene rings is 1. The Morgan fingerprint density at radius 3 is 2.70 bits per heavy atom. The van der Waals surface area contributed by atoms with Gasteiger partial charge in [0.15, 0.2) is 0 Å². The molecule has 20 heavy (non-hydrogen) atoms. The average Bonchev–Trinajstić information content (AvgIpc) is 2.51. The summed E-state index contributed by atoms with van der Waals surface area (Å²) in [4.78, 5) is 18.7. The Kier molecular flexibility index (Phi) is 7.92. The number of hydrogen-bond donors (Lipinski definition) is 1. The maximum Gasteiger partial charge on any atom is 0.219 e. The molecule has 2 rings (SSSR count). The van der Waals surface area contributed by atoms with Crippen LogP contribution >= 0.6 is 0 Å². The van der Waals surface area contributed by atoms with Crippen LogP contribution in [0.1, 0.15) is 39.2 Å². The zero-order valence-corrected chi connectivity index (χ0v) is 12.8. The van der Waals surface area contributed by atoms with Crippen LogP contribution in [-0.2, 0) is 16.2 Å². The van der Waals surface area contributed by atoms with Gasteiger partial charge in [-0.15, -0.1) is 0 Å². The van der Waals surface area contributed by atoms with Crippen LogP contribution in [0.3, 0.4) is 0 Å². The second-order valence-corrected chi connectivity index (χ2v) is 4.70. The fraction of sp³-hybridized carbons (Fsp3) is 0.562. The minimum absolute atomic E-state index is 0.143. The summed E-state index contributed by atoms with van der Waals surface area (Å²) in [6, 6.07) is 10.3. The van der Waals surface area contributed by atoms with Gasteiger partial charge >= 0.3 is 0 Å². The highest BCUT2D eigenvalue weighted by Gasteiger charge is 2.21. The lowest BCUT2D eigenvalue weighted by molar-refractivity contribution is -0.131. The van der Waals surface area contributed by atoms with E-state index in [9.17, 15) is 4.79 Å². The lowest BCUT2D eigenvalue weighted by atomic mass is 10.1. The molecular weight excluding hydrogens is 252 g/mol. The largest absolute Gasteiger partial charge is 0.341 e. The molecular formula is C16H26N2O2. The molecule has 0 bridgehead atoms. The monoisotopic (exact) mass is 278 g/mol. The van der Waals surface area contributed by atoms with Crippen molar-refractivity contribution >= 4 is 5.91 Å². The Labute approximate surface area is 122 Å². The van der Waals surface area contributed by atoms with Gasteiger partial charge in [-0.1, -0.05) is 44.2 Å². The van der Waals surface area contributed by atoms with Crippen LogP contribution in [0.15, 0.2) is 30.3 Å². The Morgan fingerprint density at radius 1 is 1.35 bits per heavy atom. The minimum atomic E-state index is 0.143. The fourth-order valence-electron chi connectivity index (χ4n) is 2.18. The molecule has 1 fully saturated rings. The molecule has 0 spiro atoms. The molecule has 1 amide bonds. The van der Waals surface area contributed by atoms with Gasteiger partial charge < -0.3 is 4.90 Å². The summed E-state index contributed by atoms with van der Waals surface area (Å²) in [5.41, 5.74) is 4.20. The SMILES string of the molecule is CC.CC(=O)N1CCCC(NOCc2ccccc2)C1. The molecule has 112 valence electrons. The number of likely N-dealkylation sites (tertiary alicyclic amines) is 1. The standard InChI is InChI=1S/C14H20N2O2.C2H6/c1-12(17)16-9-5-8-14(10-16)15-18-11-13-6-3-2-4-7-13;1-2/h2-4,6-7,14-15H,5,8-11H2,1H3;1-2H3. The topological polar surface area (TPSA) is 41.6 Å². The summed E-state index contributed by atoms with van der Waals surface area (Å²) in [6.45, 7) is 7.78. The van der Waals surface area contributed by atoms with Gasteiger partial charge in [-0.25, -0.2) is 0 Å². The molecule has 1 aromatic rings. The number of carbonyl (C=O) groups is 1. The summed E-state index contributed by atoms with van der Waals surface area (Å²) < 4.78 is 0. The summed E-state index contributed by atoms with van der Waals surface area (Å²) in [5, 5.41) is 0. The van der Waals surface area contributed by atoms with Gasteiger partial charge in [0.2, 0.25) is 5.91 Å². The van der Waals surface area contributed by atoms with Crippen molar-refractivity contribution in [2.75, 3.05) is 13.1 Å². The van der Waals surface area contributed by atoms with Gasteiger partial charge in [0.05, 0.1) is 6.61 Å². The number of rotatable bonds is 4. The zero-order chi connectivity index (χ0) is 14.8. The highest BCUT2D eigenvalue weighted by atomic mass is 16.6. The van der Waals surface area contributed by atoms with Gasteiger partial charge in [0.1, 0.15) is 0 Å². The Balaban J connectivity index is 0.000000956. The summed E-state index contributed by atoms with van der Waals surface area (Å²) in [6.07, 6.45) is 2.09. The van der Waals surface area contributed by atoms with Crippen molar-refractivity contribution in [2.45, 2.75) is 46.3 Å². The van der Waals surface area contributed by atoms with Crippen molar-refractivity contribution < 1.29 is 9.63 Å². The quantitative estimate of drug-likeness (QED) is 0.861. The Hall–Kier alpha value is -1.39. The highest BCUT2D eigenvalue weighted by molar-refractivity contribution is 5.73. The van der Waals surface area contributed by atoms with Crippen molar-refractivity contribution in [3.8, 4) is 0 Å². The van der Waals surface area contributed by atoms with Crippen molar-refractivity contribution in [3.63, 3.8) is 0 Å². The molecule has 0 saturated carbocycles. The van der Waals surface area contributed by atoms with Crippen LogP contribution in [0.4, 0.5) is 0 Å². The van der Waals surface area contributed by atoms with E-state index >= 15 is 0 Å². The van der Waals surface area contributed by atoms with Crippen LogP contribution in [0.5, 0.6) is 0 Å². The molecule has 1 aliphatic heterocycles. The first-order valence-corrected chi connectivity index (χ1v) is 7.42. The molecule has 0 aliphatic carbocycles. The lowest BCUT2D eigenvalue weighted by Crippen LogP contribution is -2.47. The van der Waals surface area contributed by atoms with E-state index in [4.69, 9.17) is 4.84 Å². The molecule has 1 heterocycles. The smallest absolute Gasteiger partial charge is 0.219 e. The summed E-state index contributed by atoms with van der Waals surface area (Å²) in [5.74, 6) is 0.143. The molecule has 1 saturated heterocycles. The molecule has 0 aromatic heterocycles. The van der Waals surface area contributed by atoms with Crippen LogP contribution in [0, 0.1) is 0 Å². The van der Waals surface area contributed by atoms with Gasteiger partial charge in [0, 0.05) is 26.1 Å². The third-order valence-corrected chi connectivity index (χ3v) is 3.20. The first kappa shape index (κ1) is 16.7. The van der Waals surface area contributed by atoms with Crippen LogP contribution < -0.4 is 5.48 Å². The van der Waals surface area contributed by atoms with Crippen LogP contribution in [0.2, 0.25) is 0 Å². The summed E-state index contributed by atoms with van der Waals surface area (Å²) >= 11 is 0. The number of carbonyl (C=O) groups excluding carboxylic acids is 1. The van der Waals surface area contributed by atoms with Crippen LogP contribution in [-0.4, -0.2) is 29.9 Å². The highest BCUT2D eigenvalue weighted by Crippen LogP contribution is 2.10. The lowest BCUT2D eigenvalue weighted by Gasteiger charge is -2.32. The van der Waals surface area contributed by atoms with Gasteiger partial charge in [-0.05, 0) is 18.4 Å². The molecule has 1 aliphatic rings. The van der Waals surface area contributed by atoms with Crippen molar-refractivity contribution in [1.29, 1.82) is 0 Å². The molecule has 4 nitrogen and oxygen atoms in total. The van der Waals surface area contributed by atoms with E-state index in [-0.39, 0.29) is 11.9 Å². The van der Waals surface area contributed by atoms with Gasteiger partial charge in [0.25, 0.3) is 0 Å². The van der Waals surface area contributed by atoms with Crippen LogP contribution in [0.25, 0.3) is 0 Å². The molecule has 1 N–H and O–H groups in total. The number of hydrogen-bond acceptors (Lipinski definition) is 3. The van der Waals surface area contributed by atoms with Crippen molar-refractivity contribution in [2.24, 2.45) is 0 Å². The van der Waals surface area contributed by atoms with Crippen molar-refractivity contribution in [3.05, 3.63) is 35.9 Å². The number of hydroxylamine groups is 1. The van der Waals surface area contributed by atoms with Crippen molar-refractivity contribution in [1.82, 2.24) is 10.4 Å². The van der Waals surface area contributed by atoms with E-state index < -0.39 is 0 Å². The first-order valence-electron chi connectivity index (χ1n) is 7.42. The molecule has 1 aromatic carbocycles. The van der Waals surface area contributed by atoms with E-state index in [1.165, 1.54) is 0 Å². The number of nitrogens with zero attached hydrogens (tertiary/aromatic N) is 1. The van der Waals surface area contributed by atoms with E-state index in [0.717, 1.165) is 31.5 Å². The van der Waals surface area contributed by atoms with E-state index in [1.54, 1.807) is 6.92 Å². The number of piperidine rings is 1. The predicted octanol–water partition coefficient (Wildman–Crippen LogP) is 2.74. The maximum absolute atomic E-state index is 11.3. The van der Waals surface area contributed by atoms with Gasteiger partial charge in [-0.2, -0.15) is 5.48 Å². The minimum Gasteiger partial charge on any atom is -0.341 e.